The zero-order chi connectivity index (χ0) is 23.6. The van der Waals surface area contributed by atoms with Gasteiger partial charge in [-0.15, -0.1) is 0 Å². The fraction of sp³-hybridized carbons (Fsp3) is 0.231. The van der Waals surface area contributed by atoms with Crippen LogP contribution in [0, 0.1) is 6.92 Å². The molecule has 0 aliphatic heterocycles. The monoisotopic (exact) mass is 447 g/mol. The van der Waals surface area contributed by atoms with Gasteiger partial charge in [0, 0.05) is 37.6 Å². The summed E-state index contributed by atoms with van der Waals surface area (Å²) in [5.41, 5.74) is 8.33. The molecule has 0 aliphatic carbocycles. The molecule has 0 spiro atoms. The first-order valence-electron chi connectivity index (χ1n) is 10.6. The standard InChI is InChI=1S/C26H29N3O4/c1-19-22(17-26(30)31)7-6-9-25(19)32-15-16-33-28-24(18-29(2)3)21-12-10-20(11-13-21)23-8-4-5-14-27-23/h4-14,18,28H,15-17H2,1-3H3,(H,30,31). The Morgan fingerprint density at radius 3 is 2.52 bits per heavy atom. The molecule has 3 rings (SSSR count). The van der Waals surface area contributed by atoms with E-state index in [9.17, 15) is 4.79 Å². The Bertz CT molecular complexity index is 1080. The van der Waals surface area contributed by atoms with Crippen LogP contribution >= 0.6 is 0 Å². The van der Waals surface area contributed by atoms with Gasteiger partial charge in [0.05, 0.1) is 17.8 Å². The summed E-state index contributed by atoms with van der Waals surface area (Å²) >= 11 is 0. The lowest BCUT2D eigenvalue weighted by atomic mass is 10.1. The number of carboxylic acid groups (broad SMARTS) is 1. The maximum absolute atomic E-state index is 11.0. The predicted octanol–water partition coefficient (Wildman–Crippen LogP) is 4.14. The minimum atomic E-state index is -0.865. The zero-order valence-electron chi connectivity index (χ0n) is 19.1. The van der Waals surface area contributed by atoms with Crippen molar-refractivity contribution in [2.75, 3.05) is 27.3 Å². The molecule has 0 atom stereocenters. The number of rotatable bonds is 11. The van der Waals surface area contributed by atoms with Crippen molar-refractivity contribution in [3.05, 3.63) is 89.8 Å². The summed E-state index contributed by atoms with van der Waals surface area (Å²) in [6, 6.07) is 19.4. The summed E-state index contributed by atoms with van der Waals surface area (Å²) in [4.78, 5) is 23.0. The van der Waals surface area contributed by atoms with Crippen LogP contribution in [0.5, 0.6) is 5.75 Å². The van der Waals surface area contributed by atoms with Gasteiger partial charge < -0.3 is 14.7 Å². The van der Waals surface area contributed by atoms with E-state index in [4.69, 9.17) is 14.7 Å². The zero-order valence-corrected chi connectivity index (χ0v) is 19.1. The number of carboxylic acids is 1. The Hall–Kier alpha value is -3.84. The second-order valence-electron chi connectivity index (χ2n) is 7.71. The first kappa shape index (κ1) is 23.8. The van der Waals surface area contributed by atoms with Gasteiger partial charge in [-0.2, -0.15) is 0 Å². The van der Waals surface area contributed by atoms with Crippen molar-refractivity contribution in [1.82, 2.24) is 15.4 Å². The first-order valence-corrected chi connectivity index (χ1v) is 10.6. The predicted molar refractivity (Wildman–Crippen MR) is 128 cm³/mol. The highest BCUT2D eigenvalue weighted by Gasteiger charge is 2.09. The number of aliphatic carboxylic acids is 1. The van der Waals surface area contributed by atoms with E-state index >= 15 is 0 Å². The van der Waals surface area contributed by atoms with Gasteiger partial charge in [-0.05, 0) is 36.2 Å². The highest BCUT2D eigenvalue weighted by Crippen LogP contribution is 2.22. The van der Waals surface area contributed by atoms with E-state index in [0.717, 1.165) is 33.6 Å². The van der Waals surface area contributed by atoms with Gasteiger partial charge in [-0.1, -0.05) is 42.5 Å². The smallest absolute Gasteiger partial charge is 0.307 e. The van der Waals surface area contributed by atoms with Crippen LogP contribution in [0.1, 0.15) is 16.7 Å². The molecule has 0 radical (unpaired) electrons. The van der Waals surface area contributed by atoms with Crippen molar-refractivity contribution < 1.29 is 19.5 Å². The Kier molecular flexibility index (Phi) is 8.43. The molecule has 0 fully saturated rings. The molecule has 33 heavy (non-hydrogen) atoms. The SMILES string of the molecule is Cc1c(CC(=O)O)cccc1OCCONC(=CN(C)C)c1ccc(-c2ccccn2)cc1. The van der Waals surface area contributed by atoms with Crippen LogP contribution in [0.3, 0.4) is 0 Å². The van der Waals surface area contributed by atoms with Crippen LogP contribution in [0.15, 0.2) is 73.1 Å². The molecule has 1 aromatic heterocycles. The summed E-state index contributed by atoms with van der Waals surface area (Å²) in [6.07, 6.45) is 3.69. The van der Waals surface area contributed by atoms with Crippen LogP contribution in [0.4, 0.5) is 0 Å². The maximum Gasteiger partial charge on any atom is 0.307 e. The fourth-order valence-electron chi connectivity index (χ4n) is 3.26. The normalized spacial score (nSPS) is 11.2. The van der Waals surface area contributed by atoms with E-state index in [0.29, 0.717) is 19.0 Å². The molecule has 0 saturated heterocycles. The molecule has 2 aromatic carbocycles. The summed E-state index contributed by atoms with van der Waals surface area (Å²) in [6.45, 7) is 2.48. The Morgan fingerprint density at radius 1 is 1.06 bits per heavy atom. The molecule has 0 aliphatic rings. The van der Waals surface area contributed by atoms with E-state index in [1.54, 1.807) is 18.3 Å². The molecule has 3 aromatic rings. The average Bonchev–Trinajstić information content (AvgIpc) is 2.80. The average molecular weight is 448 g/mol. The van der Waals surface area contributed by atoms with Gasteiger partial charge in [0.1, 0.15) is 19.0 Å². The first-order chi connectivity index (χ1) is 15.9. The summed E-state index contributed by atoms with van der Waals surface area (Å²) in [5, 5.41) is 9.03. The Morgan fingerprint density at radius 2 is 1.85 bits per heavy atom. The van der Waals surface area contributed by atoms with Crippen molar-refractivity contribution >= 4 is 11.7 Å². The van der Waals surface area contributed by atoms with Gasteiger partial charge in [-0.3, -0.25) is 20.1 Å². The van der Waals surface area contributed by atoms with E-state index in [2.05, 4.69) is 10.5 Å². The van der Waals surface area contributed by atoms with Crippen molar-refractivity contribution in [2.24, 2.45) is 0 Å². The maximum atomic E-state index is 11.0. The highest BCUT2D eigenvalue weighted by atomic mass is 16.7. The van der Waals surface area contributed by atoms with Gasteiger partial charge in [-0.25, -0.2) is 0 Å². The van der Waals surface area contributed by atoms with Crippen LogP contribution in [0.2, 0.25) is 0 Å². The van der Waals surface area contributed by atoms with Gasteiger partial charge in [0.2, 0.25) is 0 Å². The second-order valence-corrected chi connectivity index (χ2v) is 7.71. The number of nitrogens with zero attached hydrogens (tertiary/aromatic N) is 2. The van der Waals surface area contributed by atoms with E-state index in [1.807, 2.05) is 80.6 Å². The van der Waals surface area contributed by atoms with Crippen LogP contribution in [-0.2, 0) is 16.1 Å². The summed E-state index contributed by atoms with van der Waals surface area (Å²) in [5.74, 6) is -0.206. The second kappa shape index (κ2) is 11.7. The third-order valence-electron chi connectivity index (χ3n) is 4.91. The van der Waals surface area contributed by atoms with Crippen LogP contribution in [-0.4, -0.2) is 48.3 Å². The highest BCUT2D eigenvalue weighted by molar-refractivity contribution is 5.71. The quantitative estimate of drug-likeness (QED) is 0.338. The topological polar surface area (TPSA) is 83.9 Å². The number of hydroxylamine groups is 1. The third kappa shape index (κ3) is 7.08. The number of ether oxygens (including phenoxy) is 1. The van der Waals surface area contributed by atoms with Crippen molar-refractivity contribution in [2.45, 2.75) is 13.3 Å². The molecule has 7 nitrogen and oxygen atoms in total. The van der Waals surface area contributed by atoms with E-state index in [1.165, 1.54) is 0 Å². The Balaban J connectivity index is 1.56. The molecular weight excluding hydrogens is 418 g/mol. The molecule has 172 valence electrons. The molecule has 0 saturated carbocycles. The molecular formula is C26H29N3O4. The minimum Gasteiger partial charge on any atom is -0.491 e. The van der Waals surface area contributed by atoms with Crippen molar-refractivity contribution in [3.8, 4) is 17.0 Å². The lowest BCUT2D eigenvalue weighted by molar-refractivity contribution is -0.136. The number of hydrogen-bond acceptors (Lipinski definition) is 6. The number of aromatic nitrogens is 1. The van der Waals surface area contributed by atoms with Gasteiger partial charge >= 0.3 is 5.97 Å². The number of carbonyl (C=O) groups is 1. The van der Waals surface area contributed by atoms with Crippen molar-refractivity contribution in [3.63, 3.8) is 0 Å². The van der Waals surface area contributed by atoms with Gasteiger partial charge in [0.15, 0.2) is 0 Å². The molecule has 7 heteroatoms. The fourth-order valence-corrected chi connectivity index (χ4v) is 3.26. The lowest BCUT2D eigenvalue weighted by Crippen LogP contribution is -2.20. The summed E-state index contributed by atoms with van der Waals surface area (Å²) in [7, 11) is 3.89. The van der Waals surface area contributed by atoms with Gasteiger partial charge in [0.25, 0.3) is 0 Å². The molecule has 0 unspecified atom stereocenters. The number of pyridine rings is 1. The lowest BCUT2D eigenvalue weighted by Gasteiger charge is -2.16. The minimum absolute atomic E-state index is 0.0289. The molecule has 2 N–H and O–H groups in total. The van der Waals surface area contributed by atoms with E-state index < -0.39 is 5.97 Å². The Labute approximate surface area is 194 Å². The summed E-state index contributed by atoms with van der Waals surface area (Å²) < 4.78 is 5.80. The van der Waals surface area contributed by atoms with Crippen LogP contribution < -0.4 is 10.2 Å². The molecule has 0 amide bonds. The van der Waals surface area contributed by atoms with Crippen LogP contribution in [0.25, 0.3) is 17.0 Å². The number of benzene rings is 2. The van der Waals surface area contributed by atoms with E-state index in [-0.39, 0.29) is 6.42 Å². The van der Waals surface area contributed by atoms with Crippen molar-refractivity contribution in [1.29, 1.82) is 0 Å². The largest absolute Gasteiger partial charge is 0.491 e. The number of nitrogens with one attached hydrogen (secondary N) is 1. The number of hydrogen-bond donors (Lipinski definition) is 2. The molecule has 0 bridgehead atoms. The third-order valence-corrected chi connectivity index (χ3v) is 4.91. The molecule has 1 heterocycles.